The summed E-state index contributed by atoms with van der Waals surface area (Å²) in [5.41, 5.74) is 2.88. The molecule has 0 aliphatic carbocycles. The lowest BCUT2D eigenvalue weighted by molar-refractivity contribution is 0.416. The van der Waals surface area contributed by atoms with Gasteiger partial charge in [-0.25, -0.2) is 9.50 Å². The van der Waals surface area contributed by atoms with Gasteiger partial charge in [0, 0.05) is 23.4 Å². The van der Waals surface area contributed by atoms with E-state index < -0.39 is 0 Å². The molecular formula is C14H13N3O2. The largest absolute Gasteiger partial charge is 0.496 e. The average Bonchev–Trinajstić information content (AvgIpc) is 2.82. The maximum Gasteiger partial charge on any atom is 0.272 e. The van der Waals surface area contributed by atoms with E-state index >= 15 is 0 Å². The molecule has 3 rings (SSSR count). The number of H-pyrrole nitrogens is 1. The number of ether oxygens (including phenoxy) is 1. The molecule has 1 aromatic carbocycles. The molecule has 0 aliphatic rings. The first kappa shape index (κ1) is 11.5. The van der Waals surface area contributed by atoms with Crippen LogP contribution in [0, 0.1) is 6.92 Å². The van der Waals surface area contributed by atoms with Gasteiger partial charge in [-0.2, -0.15) is 0 Å². The number of aromatic amines is 1. The van der Waals surface area contributed by atoms with Gasteiger partial charge in [0.1, 0.15) is 5.75 Å². The minimum atomic E-state index is -0.122. The maximum absolute atomic E-state index is 11.9. The van der Waals surface area contributed by atoms with Crippen molar-refractivity contribution in [3.05, 3.63) is 52.4 Å². The molecule has 0 saturated carbocycles. The van der Waals surface area contributed by atoms with Crippen molar-refractivity contribution in [2.45, 2.75) is 6.92 Å². The molecule has 0 aliphatic heterocycles. The molecule has 5 nitrogen and oxygen atoms in total. The molecule has 0 spiro atoms. The first-order chi connectivity index (χ1) is 9.19. The minimum absolute atomic E-state index is 0.122. The Balaban J connectivity index is 2.26. The summed E-state index contributed by atoms with van der Waals surface area (Å²) in [6.07, 6.45) is 0. The van der Waals surface area contributed by atoms with Crippen LogP contribution in [0.3, 0.4) is 0 Å². The number of benzene rings is 1. The number of fused-ring (bicyclic) bond motifs is 1. The van der Waals surface area contributed by atoms with Crippen LogP contribution in [-0.2, 0) is 0 Å². The van der Waals surface area contributed by atoms with Gasteiger partial charge in [-0.3, -0.25) is 9.89 Å². The van der Waals surface area contributed by atoms with Crippen molar-refractivity contribution in [1.82, 2.24) is 14.6 Å². The second-order valence-corrected chi connectivity index (χ2v) is 4.30. The van der Waals surface area contributed by atoms with E-state index in [1.165, 1.54) is 10.6 Å². The summed E-state index contributed by atoms with van der Waals surface area (Å²) in [7, 11) is 1.62. The molecule has 3 aromatic rings. The summed E-state index contributed by atoms with van der Waals surface area (Å²) >= 11 is 0. The van der Waals surface area contributed by atoms with E-state index in [0.717, 1.165) is 17.0 Å². The topological polar surface area (TPSA) is 59.4 Å². The van der Waals surface area contributed by atoms with Gasteiger partial charge in [0.25, 0.3) is 5.56 Å². The molecule has 0 radical (unpaired) electrons. The first-order valence-corrected chi connectivity index (χ1v) is 5.92. The Morgan fingerprint density at radius 1 is 1.26 bits per heavy atom. The second-order valence-electron chi connectivity index (χ2n) is 4.30. The highest BCUT2D eigenvalue weighted by Gasteiger charge is 2.10. The Morgan fingerprint density at radius 3 is 2.84 bits per heavy atom. The molecular weight excluding hydrogens is 242 g/mol. The van der Waals surface area contributed by atoms with E-state index in [4.69, 9.17) is 4.74 Å². The highest BCUT2D eigenvalue weighted by Crippen LogP contribution is 2.28. The minimum Gasteiger partial charge on any atom is -0.496 e. The lowest BCUT2D eigenvalue weighted by Gasteiger charge is -2.05. The van der Waals surface area contributed by atoms with Crippen LogP contribution in [-0.4, -0.2) is 21.7 Å². The number of aryl methyl sites for hydroxylation is 1. The molecule has 0 atom stereocenters. The van der Waals surface area contributed by atoms with Gasteiger partial charge in [0.2, 0.25) is 0 Å². The van der Waals surface area contributed by atoms with Crippen LogP contribution < -0.4 is 10.3 Å². The summed E-state index contributed by atoms with van der Waals surface area (Å²) in [6, 6.07) is 11.0. The third kappa shape index (κ3) is 1.89. The van der Waals surface area contributed by atoms with Crippen LogP contribution in [0.4, 0.5) is 0 Å². The summed E-state index contributed by atoms with van der Waals surface area (Å²) < 4.78 is 6.75. The monoisotopic (exact) mass is 255 g/mol. The molecule has 0 bridgehead atoms. The van der Waals surface area contributed by atoms with E-state index in [9.17, 15) is 4.79 Å². The van der Waals surface area contributed by atoms with Crippen LogP contribution in [0.15, 0.2) is 41.2 Å². The van der Waals surface area contributed by atoms with Crippen molar-refractivity contribution in [1.29, 1.82) is 0 Å². The Bertz CT molecular complexity index is 802. The smallest absolute Gasteiger partial charge is 0.272 e. The Kier molecular flexibility index (Phi) is 2.59. The Labute approximate surface area is 109 Å². The third-order valence-electron chi connectivity index (χ3n) is 2.98. The van der Waals surface area contributed by atoms with Gasteiger partial charge in [-0.1, -0.05) is 12.1 Å². The zero-order chi connectivity index (χ0) is 13.4. The lowest BCUT2D eigenvalue weighted by atomic mass is 10.1. The molecule has 96 valence electrons. The van der Waals surface area contributed by atoms with E-state index in [2.05, 4.69) is 10.1 Å². The van der Waals surface area contributed by atoms with Crippen molar-refractivity contribution in [3.63, 3.8) is 0 Å². The van der Waals surface area contributed by atoms with Crippen LogP contribution in [0.5, 0.6) is 5.75 Å². The second kappa shape index (κ2) is 4.28. The fraction of sp³-hybridized carbons (Fsp3) is 0.143. The van der Waals surface area contributed by atoms with E-state index in [0.29, 0.717) is 11.3 Å². The number of methoxy groups -OCH3 is 1. The summed E-state index contributed by atoms with van der Waals surface area (Å²) in [5.74, 6) is 0.749. The van der Waals surface area contributed by atoms with Crippen molar-refractivity contribution in [2.75, 3.05) is 7.11 Å². The van der Waals surface area contributed by atoms with Crippen LogP contribution >= 0.6 is 0 Å². The molecule has 5 heteroatoms. The van der Waals surface area contributed by atoms with Crippen molar-refractivity contribution in [3.8, 4) is 17.0 Å². The number of nitrogens with zero attached hydrogens (tertiary/aromatic N) is 2. The normalized spacial score (nSPS) is 10.8. The highest BCUT2D eigenvalue weighted by atomic mass is 16.5. The quantitative estimate of drug-likeness (QED) is 0.762. The van der Waals surface area contributed by atoms with Crippen LogP contribution in [0.2, 0.25) is 0 Å². The molecule has 2 aromatic heterocycles. The predicted molar refractivity (Wildman–Crippen MR) is 72.5 cm³/mol. The van der Waals surface area contributed by atoms with Gasteiger partial charge < -0.3 is 4.74 Å². The number of rotatable bonds is 2. The molecule has 0 amide bonds. The maximum atomic E-state index is 11.9. The summed E-state index contributed by atoms with van der Waals surface area (Å²) in [4.78, 5) is 16.2. The molecule has 19 heavy (non-hydrogen) atoms. The third-order valence-corrected chi connectivity index (χ3v) is 2.98. The molecule has 0 saturated heterocycles. The molecule has 0 fully saturated rings. The number of nitrogens with one attached hydrogen (secondary N) is 1. The lowest BCUT2D eigenvalue weighted by Crippen LogP contribution is -2.14. The Morgan fingerprint density at radius 2 is 2.05 bits per heavy atom. The first-order valence-electron chi connectivity index (χ1n) is 5.92. The van der Waals surface area contributed by atoms with Crippen molar-refractivity contribution < 1.29 is 4.74 Å². The zero-order valence-corrected chi connectivity index (χ0v) is 10.7. The standard InChI is InChI=1S/C14H13N3O2/c1-9-7-14(18)17-13(15-9)8-11(16-17)10-5-3-4-6-12(10)19-2/h3-8,16H,1-2H3. The summed E-state index contributed by atoms with van der Waals surface area (Å²) in [5, 5.41) is 3.04. The predicted octanol–water partition coefficient (Wildman–Crippen LogP) is 2.01. The fourth-order valence-electron chi connectivity index (χ4n) is 2.12. The fourth-order valence-corrected chi connectivity index (χ4v) is 2.12. The van der Waals surface area contributed by atoms with Crippen LogP contribution in [0.25, 0.3) is 16.9 Å². The van der Waals surface area contributed by atoms with E-state index in [-0.39, 0.29) is 5.56 Å². The zero-order valence-electron chi connectivity index (χ0n) is 10.7. The van der Waals surface area contributed by atoms with Gasteiger partial charge in [-0.15, -0.1) is 0 Å². The number of hydrogen-bond acceptors (Lipinski definition) is 3. The number of aromatic nitrogens is 3. The van der Waals surface area contributed by atoms with Gasteiger partial charge >= 0.3 is 0 Å². The Hall–Kier alpha value is -2.56. The van der Waals surface area contributed by atoms with Gasteiger partial charge in [0.05, 0.1) is 12.8 Å². The van der Waals surface area contributed by atoms with Crippen molar-refractivity contribution in [2.24, 2.45) is 0 Å². The highest BCUT2D eigenvalue weighted by molar-refractivity contribution is 5.70. The summed E-state index contributed by atoms with van der Waals surface area (Å²) in [6.45, 7) is 1.80. The van der Waals surface area contributed by atoms with E-state index in [1.807, 2.05) is 30.3 Å². The molecule has 1 N–H and O–H groups in total. The van der Waals surface area contributed by atoms with Crippen molar-refractivity contribution >= 4 is 5.65 Å². The SMILES string of the molecule is COc1ccccc1-c1cc2nc(C)cc(=O)n2[nH]1. The molecule has 0 unspecified atom stereocenters. The molecule has 2 heterocycles. The number of hydrogen-bond donors (Lipinski definition) is 1. The van der Waals surface area contributed by atoms with Gasteiger partial charge in [0.15, 0.2) is 5.65 Å². The van der Waals surface area contributed by atoms with Crippen LogP contribution in [0.1, 0.15) is 5.69 Å². The van der Waals surface area contributed by atoms with E-state index in [1.54, 1.807) is 14.0 Å². The average molecular weight is 255 g/mol. The van der Waals surface area contributed by atoms with Gasteiger partial charge in [-0.05, 0) is 19.1 Å². The number of para-hydroxylation sites is 1.